The molecule has 1 heterocycles. The summed E-state index contributed by atoms with van der Waals surface area (Å²) in [5.41, 5.74) is 1.34. The monoisotopic (exact) mass is 338 g/mol. The molecule has 0 radical (unpaired) electrons. The molecule has 0 aromatic carbocycles. The smallest absolute Gasteiger partial charge is 0.0410 e. The topological polar surface area (TPSA) is 24.9 Å². The van der Waals surface area contributed by atoms with Crippen molar-refractivity contribution >= 4 is 15.9 Å². The van der Waals surface area contributed by atoms with Gasteiger partial charge < -0.3 is 5.32 Å². The van der Waals surface area contributed by atoms with E-state index in [2.05, 4.69) is 46.1 Å². The number of hydrogen-bond donors (Lipinski definition) is 1. The van der Waals surface area contributed by atoms with Crippen LogP contribution in [0.4, 0.5) is 0 Å². The summed E-state index contributed by atoms with van der Waals surface area (Å²) < 4.78 is 1.08. The molecule has 20 heavy (non-hydrogen) atoms. The van der Waals surface area contributed by atoms with Gasteiger partial charge in [-0.25, -0.2) is 0 Å². The molecule has 2 rings (SSSR count). The van der Waals surface area contributed by atoms with Crippen molar-refractivity contribution in [2.45, 2.75) is 58.4 Å². The summed E-state index contributed by atoms with van der Waals surface area (Å²) in [6, 6.07) is 2.81. The van der Waals surface area contributed by atoms with Crippen molar-refractivity contribution < 1.29 is 0 Å². The first kappa shape index (κ1) is 16.0. The average molecular weight is 339 g/mol. The lowest BCUT2D eigenvalue weighted by Gasteiger charge is -2.35. The lowest BCUT2D eigenvalue weighted by atomic mass is 9.75. The zero-order valence-corrected chi connectivity index (χ0v) is 14.3. The quantitative estimate of drug-likeness (QED) is 0.820. The molecule has 3 atom stereocenters. The standard InChI is InChI=1S/C17H27BrN2/c1-3-13-6-5-7-15(8-13)17(20-4-2)10-14-9-16(18)12-19-11-14/h9,11-13,15,17,20H,3-8,10H2,1-2H3. The van der Waals surface area contributed by atoms with E-state index in [9.17, 15) is 0 Å². The number of nitrogens with one attached hydrogen (secondary N) is 1. The van der Waals surface area contributed by atoms with Gasteiger partial charge in [-0.1, -0.05) is 33.1 Å². The predicted octanol–water partition coefficient (Wildman–Crippen LogP) is 4.58. The highest BCUT2D eigenvalue weighted by molar-refractivity contribution is 9.10. The second kappa shape index (κ2) is 8.14. The number of halogens is 1. The average Bonchev–Trinajstić information content (AvgIpc) is 2.47. The molecule has 2 nitrogen and oxygen atoms in total. The molecule has 1 fully saturated rings. The molecule has 1 saturated carbocycles. The maximum absolute atomic E-state index is 4.30. The van der Waals surface area contributed by atoms with Crippen LogP contribution in [0.2, 0.25) is 0 Å². The Kier molecular flexibility index (Phi) is 6.50. The molecule has 0 bridgehead atoms. The number of rotatable bonds is 6. The normalized spacial score (nSPS) is 24.6. The molecule has 3 unspecified atom stereocenters. The van der Waals surface area contributed by atoms with Gasteiger partial charge in [0, 0.05) is 22.9 Å². The van der Waals surface area contributed by atoms with Gasteiger partial charge >= 0.3 is 0 Å². The van der Waals surface area contributed by atoms with E-state index in [0.29, 0.717) is 6.04 Å². The van der Waals surface area contributed by atoms with Crippen LogP contribution in [0.3, 0.4) is 0 Å². The first-order valence-corrected chi connectivity index (χ1v) is 8.85. The lowest BCUT2D eigenvalue weighted by molar-refractivity contribution is 0.208. The Bertz CT molecular complexity index is 408. The van der Waals surface area contributed by atoms with Crippen LogP contribution in [0.15, 0.2) is 22.9 Å². The van der Waals surface area contributed by atoms with Crippen molar-refractivity contribution in [2.24, 2.45) is 11.8 Å². The molecule has 1 aliphatic rings. The minimum Gasteiger partial charge on any atom is -0.314 e. The minimum absolute atomic E-state index is 0.602. The predicted molar refractivity (Wildman–Crippen MR) is 88.8 cm³/mol. The fourth-order valence-electron chi connectivity index (χ4n) is 3.56. The summed E-state index contributed by atoms with van der Waals surface area (Å²) >= 11 is 3.52. The van der Waals surface area contributed by atoms with Gasteiger partial charge in [0.2, 0.25) is 0 Å². The molecule has 1 aromatic heterocycles. The second-order valence-electron chi connectivity index (χ2n) is 6.08. The van der Waals surface area contributed by atoms with E-state index < -0.39 is 0 Å². The molecular weight excluding hydrogens is 312 g/mol. The summed E-state index contributed by atoms with van der Waals surface area (Å²) in [4.78, 5) is 4.30. The molecule has 112 valence electrons. The Labute approximate surface area is 131 Å². The van der Waals surface area contributed by atoms with Gasteiger partial charge in [-0.15, -0.1) is 0 Å². The summed E-state index contributed by atoms with van der Waals surface area (Å²) in [5.74, 6) is 1.77. The van der Waals surface area contributed by atoms with Crippen molar-refractivity contribution in [3.63, 3.8) is 0 Å². The molecule has 0 aliphatic heterocycles. The highest BCUT2D eigenvalue weighted by Crippen LogP contribution is 2.33. The number of nitrogens with zero attached hydrogens (tertiary/aromatic N) is 1. The van der Waals surface area contributed by atoms with E-state index in [-0.39, 0.29) is 0 Å². The Balaban J connectivity index is 2.02. The maximum atomic E-state index is 4.30. The minimum atomic E-state index is 0.602. The fraction of sp³-hybridized carbons (Fsp3) is 0.706. The lowest BCUT2D eigenvalue weighted by Crippen LogP contribution is -2.40. The number of hydrogen-bond acceptors (Lipinski definition) is 2. The van der Waals surface area contributed by atoms with Crippen molar-refractivity contribution in [2.75, 3.05) is 6.54 Å². The Morgan fingerprint density at radius 3 is 2.90 bits per heavy atom. The first-order valence-electron chi connectivity index (χ1n) is 8.05. The molecule has 0 spiro atoms. The third kappa shape index (κ3) is 4.56. The summed E-state index contributed by atoms with van der Waals surface area (Å²) in [5, 5.41) is 3.72. The molecule has 1 N–H and O–H groups in total. The van der Waals surface area contributed by atoms with E-state index in [0.717, 1.165) is 29.3 Å². The van der Waals surface area contributed by atoms with Crippen molar-refractivity contribution in [3.8, 4) is 0 Å². The molecule has 1 aromatic rings. The van der Waals surface area contributed by atoms with Gasteiger partial charge in [-0.3, -0.25) is 4.98 Å². The van der Waals surface area contributed by atoms with Crippen molar-refractivity contribution in [1.82, 2.24) is 10.3 Å². The molecule has 3 heteroatoms. The third-order valence-corrected chi connectivity index (χ3v) is 5.09. The van der Waals surface area contributed by atoms with Crippen LogP contribution in [-0.2, 0) is 6.42 Å². The molecular formula is C17H27BrN2. The van der Waals surface area contributed by atoms with Crippen LogP contribution < -0.4 is 5.32 Å². The highest BCUT2D eigenvalue weighted by Gasteiger charge is 2.27. The first-order chi connectivity index (χ1) is 9.72. The Hall–Kier alpha value is -0.410. The summed E-state index contributed by atoms with van der Waals surface area (Å²) in [6.07, 6.45) is 11.9. The SMILES string of the molecule is CCNC(Cc1cncc(Br)c1)C1CCCC(CC)C1. The number of aromatic nitrogens is 1. The Morgan fingerprint density at radius 2 is 2.20 bits per heavy atom. The van der Waals surface area contributed by atoms with Gasteiger partial charge in [-0.05, 0) is 65.2 Å². The van der Waals surface area contributed by atoms with Crippen LogP contribution in [0.5, 0.6) is 0 Å². The summed E-state index contributed by atoms with van der Waals surface area (Å²) in [6.45, 7) is 5.61. The molecule has 0 amide bonds. The van der Waals surface area contributed by atoms with Gasteiger partial charge in [0.05, 0.1) is 0 Å². The molecule has 0 saturated heterocycles. The van der Waals surface area contributed by atoms with Gasteiger partial charge in [0.25, 0.3) is 0 Å². The zero-order valence-electron chi connectivity index (χ0n) is 12.7. The van der Waals surface area contributed by atoms with Gasteiger partial charge in [0.1, 0.15) is 0 Å². The van der Waals surface area contributed by atoms with E-state index in [4.69, 9.17) is 0 Å². The van der Waals surface area contributed by atoms with Crippen LogP contribution in [-0.4, -0.2) is 17.6 Å². The van der Waals surface area contributed by atoms with Crippen LogP contribution in [0.1, 0.15) is 51.5 Å². The fourth-order valence-corrected chi connectivity index (χ4v) is 3.97. The van der Waals surface area contributed by atoms with Crippen molar-refractivity contribution in [3.05, 3.63) is 28.5 Å². The van der Waals surface area contributed by atoms with Crippen molar-refractivity contribution in [1.29, 1.82) is 0 Å². The van der Waals surface area contributed by atoms with E-state index in [1.807, 2.05) is 12.4 Å². The van der Waals surface area contributed by atoms with E-state index >= 15 is 0 Å². The maximum Gasteiger partial charge on any atom is 0.0410 e. The van der Waals surface area contributed by atoms with Gasteiger partial charge in [-0.2, -0.15) is 0 Å². The highest BCUT2D eigenvalue weighted by atomic mass is 79.9. The van der Waals surface area contributed by atoms with Crippen LogP contribution in [0, 0.1) is 11.8 Å². The van der Waals surface area contributed by atoms with Crippen LogP contribution >= 0.6 is 15.9 Å². The number of likely N-dealkylation sites (N-methyl/N-ethyl adjacent to an activating group) is 1. The van der Waals surface area contributed by atoms with Gasteiger partial charge in [0.15, 0.2) is 0 Å². The zero-order chi connectivity index (χ0) is 14.4. The largest absolute Gasteiger partial charge is 0.314 e. The van der Waals surface area contributed by atoms with E-state index in [1.165, 1.54) is 37.7 Å². The van der Waals surface area contributed by atoms with E-state index in [1.54, 1.807) is 0 Å². The summed E-state index contributed by atoms with van der Waals surface area (Å²) in [7, 11) is 0. The second-order valence-corrected chi connectivity index (χ2v) is 7.00. The van der Waals surface area contributed by atoms with Crippen LogP contribution in [0.25, 0.3) is 0 Å². The third-order valence-electron chi connectivity index (χ3n) is 4.65. The Morgan fingerprint density at radius 1 is 1.35 bits per heavy atom. The molecule has 1 aliphatic carbocycles. The number of pyridine rings is 1.